The molecule has 0 bridgehead atoms. The molecule has 0 aliphatic rings. The molecule has 0 amide bonds. The molecule has 3 N–H and O–H groups in total. The van der Waals surface area contributed by atoms with Crippen LogP contribution in [0.3, 0.4) is 0 Å². The van der Waals surface area contributed by atoms with Crippen LogP contribution in [0.25, 0.3) is 0 Å². The highest BCUT2D eigenvalue weighted by molar-refractivity contribution is 7.51. The summed E-state index contributed by atoms with van der Waals surface area (Å²) in [5, 5.41) is 3.61. The third kappa shape index (κ3) is 34.1. The van der Waals surface area contributed by atoms with Gasteiger partial charge < -0.3 is 15.1 Å². The number of unbranched alkanes of at least 4 members (excludes halogenated alkanes) is 25. The van der Waals surface area contributed by atoms with E-state index in [1.165, 1.54) is 167 Å². The predicted octanol–water partition coefficient (Wildman–Crippen LogP) is 10.3. The Labute approximate surface area is 226 Å². The summed E-state index contributed by atoms with van der Waals surface area (Å²) in [7, 11) is -3.77. The summed E-state index contributed by atoms with van der Waals surface area (Å²) in [4.78, 5) is 17.7. The van der Waals surface area contributed by atoms with Crippen LogP contribution in [0.4, 0.5) is 0 Å². The fraction of sp³-hybridized carbons (Fsp3) is 1.00. The second kappa shape index (κ2) is 29.7. The Kier molecular flexibility index (Phi) is 29.8. The van der Waals surface area contributed by atoms with Crippen molar-refractivity contribution in [1.29, 1.82) is 0 Å². The van der Waals surface area contributed by atoms with Crippen LogP contribution in [-0.4, -0.2) is 29.0 Å². The standard InChI is InChI=1S/C31H66NO3P/c1-2-3-4-5-6-7-8-9-10-11-12-13-14-15-17-20-23-26-29-32-30-27-24-21-18-16-19-22-25-28-31-36(33,34)35/h32H,2-31H2,1H3,(H2,33,34,35). The van der Waals surface area contributed by atoms with Crippen molar-refractivity contribution in [1.82, 2.24) is 5.32 Å². The summed E-state index contributed by atoms with van der Waals surface area (Å²) in [5.74, 6) is 0. The molecule has 0 atom stereocenters. The van der Waals surface area contributed by atoms with Gasteiger partial charge in [0.25, 0.3) is 0 Å². The lowest BCUT2D eigenvalue weighted by Crippen LogP contribution is -2.16. The normalized spacial score (nSPS) is 12.0. The fourth-order valence-electron chi connectivity index (χ4n) is 5.08. The molecule has 0 aliphatic carbocycles. The van der Waals surface area contributed by atoms with E-state index in [1.54, 1.807) is 0 Å². The highest BCUT2D eigenvalue weighted by Crippen LogP contribution is 2.35. The van der Waals surface area contributed by atoms with Gasteiger partial charge in [-0.2, -0.15) is 0 Å². The first-order valence-electron chi connectivity index (χ1n) is 16.3. The van der Waals surface area contributed by atoms with Crippen molar-refractivity contribution in [2.45, 2.75) is 180 Å². The maximum atomic E-state index is 10.8. The first-order chi connectivity index (χ1) is 17.6. The Bertz CT molecular complexity index is 455. The van der Waals surface area contributed by atoms with Gasteiger partial charge in [-0.25, -0.2) is 0 Å². The molecular weight excluding hydrogens is 465 g/mol. The highest BCUT2D eigenvalue weighted by atomic mass is 31.2. The molecule has 0 aromatic carbocycles. The fourth-order valence-corrected chi connectivity index (χ4v) is 5.72. The summed E-state index contributed by atoms with van der Waals surface area (Å²) in [6.45, 7) is 4.65. The number of hydrogen-bond donors (Lipinski definition) is 3. The molecule has 0 radical (unpaired) electrons. The molecule has 0 aliphatic heterocycles. The number of nitrogens with one attached hydrogen (secondary N) is 1. The Balaban J connectivity index is 3.04. The van der Waals surface area contributed by atoms with E-state index in [0.29, 0.717) is 6.42 Å². The molecule has 218 valence electrons. The van der Waals surface area contributed by atoms with Crippen LogP contribution in [0.2, 0.25) is 0 Å². The summed E-state index contributed by atoms with van der Waals surface area (Å²) in [6.07, 6.45) is 36.4. The summed E-state index contributed by atoms with van der Waals surface area (Å²) < 4.78 is 10.8. The van der Waals surface area contributed by atoms with E-state index in [2.05, 4.69) is 12.2 Å². The molecule has 0 spiro atoms. The van der Waals surface area contributed by atoms with Crippen LogP contribution in [-0.2, 0) is 4.57 Å². The van der Waals surface area contributed by atoms with Crippen LogP contribution in [0.15, 0.2) is 0 Å². The van der Waals surface area contributed by atoms with Gasteiger partial charge in [-0.1, -0.05) is 161 Å². The van der Waals surface area contributed by atoms with E-state index in [-0.39, 0.29) is 6.16 Å². The zero-order valence-corrected chi connectivity index (χ0v) is 25.4. The van der Waals surface area contributed by atoms with E-state index in [0.717, 1.165) is 12.8 Å². The smallest absolute Gasteiger partial charge is 0.324 e. The maximum Gasteiger partial charge on any atom is 0.325 e. The maximum absolute atomic E-state index is 10.8. The highest BCUT2D eigenvalue weighted by Gasteiger charge is 2.10. The van der Waals surface area contributed by atoms with Gasteiger partial charge in [0.05, 0.1) is 0 Å². The molecular formula is C31H66NO3P. The third-order valence-corrected chi connectivity index (χ3v) is 8.41. The first kappa shape index (κ1) is 36.1. The van der Waals surface area contributed by atoms with Gasteiger partial charge in [-0.05, 0) is 32.4 Å². The predicted molar refractivity (Wildman–Crippen MR) is 160 cm³/mol. The lowest BCUT2D eigenvalue weighted by Gasteiger charge is -2.06. The van der Waals surface area contributed by atoms with Crippen LogP contribution in [0.1, 0.15) is 180 Å². The van der Waals surface area contributed by atoms with Gasteiger partial charge in [0.15, 0.2) is 0 Å². The third-order valence-electron chi connectivity index (χ3n) is 7.51. The van der Waals surface area contributed by atoms with Crippen LogP contribution >= 0.6 is 7.60 Å². The second-order valence-corrected chi connectivity index (χ2v) is 13.1. The van der Waals surface area contributed by atoms with Crippen molar-refractivity contribution in [2.24, 2.45) is 0 Å². The Morgan fingerprint density at radius 1 is 0.417 bits per heavy atom. The largest absolute Gasteiger partial charge is 0.325 e. The second-order valence-electron chi connectivity index (χ2n) is 11.3. The Morgan fingerprint density at radius 3 is 0.944 bits per heavy atom. The van der Waals surface area contributed by atoms with E-state index < -0.39 is 7.60 Å². The number of hydrogen-bond acceptors (Lipinski definition) is 2. The van der Waals surface area contributed by atoms with Crippen LogP contribution in [0.5, 0.6) is 0 Å². The van der Waals surface area contributed by atoms with Crippen LogP contribution in [0, 0.1) is 0 Å². The van der Waals surface area contributed by atoms with Crippen molar-refractivity contribution >= 4 is 7.60 Å². The molecule has 0 rings (SSSR count). The number of rotatable bonds is 31. The average molecular weight is 532 g/mol. The summed E-state index contributed by atoms with van der Waals surface area (Å²) in [5.41, 5.74) is 0. The topological polar surface area (TPSA) is 69.6 Å². The monoisotopic (exact) mass is 531 g/mol. The van der Waals surface area contributed by atoms with Crippen LogP contribution < -0.4 is 5.32 Å². The van der Waals surface area contributed by atoms with E-state index in [9.17, 15) is 4.57 Å². The minimum atomic E-state index is -3.77. The molecule has 0 aromatic heterocycles. The van der Waals surface area contributed by atoms with Crippen molar-refractivity contribution in [3.63, 3.8) is 0 Å². The summed E-state index contributed by atoms with van der Waals surface area (Å²) >= 11 is 0. The van der Waals surface area contributed by atoms with Gasteiger partial charge in [-0.15, -0.1) is 0 Å². The first-order valence-corrected chi connectivity index (χ1v) is 18.1. The Morgan fingerprint density at radius 2 is 0.667 bits per heavy atom. The molecule has 4 nitrogen and oxygen atoms in total. The minimum absolute atomic E-state index is 0.0551. The van der Waals surface area contributed by atoms with E-state index >= 15 is 0 Å². The Hall–Kier alpha value is 0.110. The van der Waals surface area contributed by atoms with E-state index in [4.69, 9.17) is 9.79 Å². The van der Waals surface area contributed by atoms with Crippen molar-refractivity contribution in [3.05, 3.63) is 0 Å². The lowest BCUT2D eigenvalue weighted by atomic mass is 10.0. The van der Waals surface area contributed by atoms with Gasteiger partial charge in [0.1, 0.15) is 0 Å². The lowest BCUT2D eigenvalue weighted by molar-refractivity contribution is 0.370. The zero-order valence-electron chi connectivity index (χ0n) is 24.5. The van der Waals surface area contributed by atoms with Crippen molar-refractivity contribution in [2.75, 3.05) is 19.3 Å². The van der Waals surface area contributed by atoms with E-state index in [1.807, 2.05) is 0 Å². The average Bonchev–Trinajstić information content (AvgIpc) is 2.84. The molecule has 0 unspecified atom stereocenters. The minimum Gasteiger partial charge on any atom is -0.324 e. The quantitative estimate of drug-likeness (QED) is 0.0614. The zero-order chi connectivity index (χ0) is 26.4. The van der Waals surface area contributed by atoms with Gasteiger partial charge in [0.2, 0.25) is 0 Å². The molecule has 0 saturated heterocycles. The molecule has 0 fully saturated rings. The molecule has 36 heavy (non-hydrogen) atoms. The van der Waals surface area contributed by atoms with Gasteiger partial charge in [-0.3, -0.25) is 4.57 Å². The van der Waals surface area contributed by atoms with Crippen molar-refractivity contribution < 1.29 is 14.4 Å². The molecule has 0 aromatic rings. The summed E-state index contributed by atoms with van der Waals surface area (Å²) in [6, 6.07) is 0. The molecule has 0 saturated carbocycles. The molecule has 5 heteroatoms. The SMILES string of the molecule is CCCCCCCCCCCCCCCCCCCCNCCCCCCCCCCCP(=O)(O)O. The van der Waals surface area contributed by atoms with Crippen molar-refractivity contribution in [3.8, 4) is 0 Å². The van der Waals surface area contributed by atoms with Gasteiger partial charge in [0, 0.05) is 6.16 Å². The molecule has 0 heterocycles. The van der Waals surface area contributed by atoms with Gasteiger partial charge >= 0.3 is 7.60 Å².